The Morgan fingerprint density at radius 1 is 0.800 bits per heavy atom. The van der Waals surface area contributed by atoms with Crippen LogP contribution >= 0.6 is 11.6 Å². The van der Waals surface area contributed by atoms with E-state index in [1.54, 1.807) is 0 Å². The Balaban J connectivity index is 0.00000450. The molecule has 6 heteroatoms. The summed E-state index contributed by atoms with van der Waals surface area (Å²) in [5, 5.41) is 0. The number of unbranched alkanes of at least 4 members (excludes halogenated alkanes) is 2. The van der Waals surface area contributed by atoms with Crippen molar-refractivity contribution < 1.29 is 26.4 Å². The maximum atomic E-state index is 5.77. The van der Waals surface area contributed by atoms with Crippen LogP contribution in [0, 0.1) is 0 Å². The van der Waals surface area contributed by atoms with Gasteiger partial charge in [-0.3, -0.25) is 4.98 Å². The summed E-state index contributed by atoms with van der Waals surface area (Å²) < 4.78 is 13.7. The molecule has 30 heavy (non-hydrogen) atoms. The smallest absolute Gasteiger partial charge is 0.171 e. The van der Waals surface area contributed by atoms with E-state index in [9.17, 15) is 0 Å². The van der Waals surface area contributed by atoms with Gasteiger partial charge in [0.15, 0.2) is 12.4 Å². The van der Waals surface area contributed by atoms with Gasteiger partial charge >= 0.3 is 0 Å². The SMILES string of the molecule is ClCCCCOCCCc1ccc[n+](CCCCOCCCc2cccnc2)c1.[Cl-]. The summed E-state index contributed by atoms with van der Waals surface area (Å²) >= 11 is 5.66. The number of pyridine rings is 2. The van der Waals surface area contributed by atoms with E-state index in [0.29, 0.717) is 0 Å². The van der Waals surface area contributed by atoms with E-state index in [-0.39, 0.29) is 12.4 Å². The van der Waals surface area contributed by atoms with Crippen LogP contribution in [0.25, 0.3) is 0 Å². The fourth-order valence-corrected chi connectivity index (χ4v) is 3.36. The van der Waals surface area contributed by atoms with Gasteiger partial charge in [-0.2, -0.15) is 0 Å². The Labute approximate surface area is 193 Å². The van der Waals surface area contributed by atoms with Gasteiger partial charge in [0.1, 0.15) is 6.54 Å². The molecule has 168 valence electrons. The van der Waals surface area contributed by atoms with E-state index >= 15 is 0 Å². The lowest BCUT2D eigenvalue weighted by molar-refractivity contribution is -0.697. The molecular weight excluding hydrogens is 419 g/mol. The molecule has 0 radical (unpaired) electrons. The second kappa shape index (κ2) is 18.6. The van der Waals surface area contributed by atoms with Crippen LogP contribution in [0.5, 0.6) is 0 Å². The molecule has 0 aliphatic heterocycles. The minimum atomic E-state index is 0. The van der Waals surface area contributed by atoms with E-state index in [1.165, 1.54) is 11.1 Å². The molecule has 0 aliphatic rings. The number of rotatable bonds is 17. The second-order valence-electron chi connectivity index (χ2n) is 7.35. The van der Waals surface area contributed by atoms with Gasteiger partial charge in [0, 0.05) is 62.8 Å². The molecule has 0 saturated carbocycles. The normalized spacial score (nSPS) is 10.7. The zero-order valence-corrected chi connectivity index (χ0v) is 19.5. The van der Waals surface area contributed by atoms with E-state index in [2.05, 4.69) is 40.1 Å². The summed E-state index contributed by atoms with van der Waals surface area (Å²) in [6.45, 7) is 4.37. The van der Waals surface area contributed by atoms with Crippen LogP contribution in [0.1, 0.15) is 49.7 Å². The van der Waals surface area contributed by atoms with Gasteiger partial charge in [-0.05, 0) is 62.6 Å². The van der Waals surface area contributed by atoms with Gasteiger partial charge in [0.25, 0.3) is 0 Å². The molecule has 2 aromatic rings. The second-order valence-corrected chi connectivity index (χ2v) is 7.72. The lowest BCUT2D eigenvalue weighted by Crippen LogP contribution is -3.00. The third kappa shape index (κ3) is 13.2. The lowest BCUT2D eigenvalue weighted by Gasteiger charge is -2.05. The Morgan fingerprint density at radius 3 is 2.17 bits per heavy atom. The number of aryl methyl sites for hydroxylation is 3. The Kier molecular flexibility index (Phi) is 16.6. The summed E-state index contributed by atoms with van der Waals surface area (Å²) in [4.78, 5) is 4.14. The number of aromatic nitrogens is 2. The minimum absolute atomic E-state index is 0. The number of hydrogen-bond acceptors (Lipinski definition) is 3. The highest BCUT2D eigenvalue weighted by atomic mass is 35.5. The maximum absolute atomic E-state index is 5.77. The quantitative estimate of drug-likeness (QED) is 0.207. The van der Waals surface area contributed by atoms with Crippen molar-refractivity contribution in [1.82, 2.24) is 4.98 Å². The van der Waals surface area contributed by atoms with Crippen LogP contribution in [0.15, 0.2) is 49.1 Å². The van der Waals surface area contributed by atoms with Gasteiger partial charge in [-0.1, -0.05) is 6.07 Å². The van der Waals surface area contributed by atoms with Crippen LogP contribution < -0.4 is 17.0 Å². The zero-order chi connectivity index (χ0) is 20.4. The first-order valence-corrected chi connectivity index (χ1v) is 11.5. The summed E-state index contributed by atoms with van der Waals surface area (Å²) in [5.74, 6) is 0.728. The lowest BCUT2D eigenvalue weighted by atomic mass is 10.1. The number of halogens is 2. The van der Waals surface area contributed by atoms with Gasteiger partial charge in [0.05, 0.1) is 0 Å². The molecule has 2 rings (SSSR count). The fourth-order valence-electron chi connectivity index (χ4n) is 3.17. The highest BCUT2D eigenvalue weighted by Gasteiger charge is 2.03. The standard InChI is InChI=1S/C24H36ClN2O2.ClH/c25-13-1-3-17-28-20-8-12-24-10-6-16-27(22-24)15-2-4-18-29-19-7-11-23-9-5-14-26-21-23;/h5-6,9-10,14,16,21-22H,1-4,7-8,11-13,15,17-20H2;1H/q+1;/p-1. The van der Waals surface area contributed by atoms with Gasteiger partial charge in [-0.25, -0.2) is 4.57 Å². The predicted octanol–water partition coefficient (Wildman–Crippen LogP) is 1.77. The van der Waals surface area contributed by atoms with Crippen molar-refractivity contribution in [3.8, 4) is 0 Å². The molecule has 0 saturated heterocycles. The molecule has 0 fully saturated rings. The van der Waals surface area contributed by atoms with Crippen molar-refractivity contribution in [2.75, 3.05) is 32.3 Å². The summed E-state index contributed by atoms with van der Waals surface area (Å²) in [6, 6.07) is 8.46. The van der Waals surface area contributed by atoms with E-state index in [1.807, 2.05) is 18.5 Å². The van der Waals surface area contributed by atoms with Crippen LogP contribution in [0.3, 0.4) is 0 Å². The van der Waals surface area contributed by atoms with Crippen molar-refractivity contribution in [3.05, 3.63) is 60.2 Å². The highest BCUT2D eigenvalue weighted by molar-refractivity contribution is 6.17. The Morgan fingerprint density at radius 2 is 1.47 bits per heavy atom. The topological polar surface area (TPSA) is 35.2 Å². The third-order valence-electron chi connectivity index (χ3n) is 4.78. The molecule has 0 bridgehead atoms. The predicted molar refractivity (Wildman–Crippen MR) is 118 cm³/mol. The van der Waals surface area contributed by atoms with Crippen molar-refractivity contribution in [2.24, 2.45) is 0 Å². The summed E-state index contributed by atoms with van der Waals surface area (Å²) in [5.41, 5.74) is 2.66. The fraction of sp³-hybridized carbons (Fsp3) is 0.583. The van der Waals surface area contributed by atoms with Crippen LogP contribution in [0.2, 0.25) is 0 Å². The average Bonchev–Trinajstić information content (AvgIpc) is 2.76. The first-order valence-electron chi connectivity index (χ1n) is 11.0. The number of hydrogen-bond donors (Lipinski definition) is 0. The molecule has 4 nitrogen and oxygen atoms in total. The van der Waals surface area contributed by atoms with E-state index < -0.39 is 0 Å². The molecule has 0 atom stereocenters. The van der Waals surface area contributed by atoms with Crippen LogP contribution in [0.4, 0.5) is 0 Å². The number of alkyl halides is 1. The molecule has 0 aliphatic carbocycles. The van der Waals surface area contributed by atoms with E-state index in [4.69, 9.17) is 21.1 Å². The molecular formula is C24H36Cl2N2O2. The largest absolute Gasteiger partial charge is 1.00 e. The summed E-state index contributed by atoms with van der Waals surface area (Å²) in [7, 11) is 0. The highest BCUT2D eigenvalue weighted by Crippen LogP contribution is 2.03. The molecule has 0 aromatic carbocycles. The molecule has 0 unspecified atom stereocenters. The van der Waals surface area contributed by atoms with Crippen molar-refractivity contribution in [2.45, 2.75) is 57.9 Å². The van der Waals surface area contributed by atoms with Crippen LogP contribution in [-0.2, 0) is 28.9 Å². The third-order valence-corrected chi connectivity index (χ3v) is 5.05. The van der Waals surface area contributed by atoms with E-state index in [0.717, 1.165) is 90.2 Å². The average molecular weight is 455 g/mol. The zero-order valence-electron chi connectivity index (χ0n) is 18.0. The van der Waals surface area contributed by atoms with Crippen molar-refractivity contribution >= 4 is 11.6 Å². The first-order chi connectivity index (χ1) is 14.4. The van der Waals surface area contributed by atoms with Crippen molar-refractivity contribution in [1.29, 1.82) is 0 Å². The first kappa shape index (κ1) is 26.8. The molecule has 0 N–H and O–H groups in total. The molecule has 0 spiro atoms. The van der Waals surface area contributed by atoms with Crippen molar-refractivity contribution in [3.63, 3.8) is 0 Å². The number of ether oxygens (including phenoxy) is 2. The Bertz CT molecular complexity index is 644. The van der Waals surface area contributed by atoms with Gasteiger partial charge in [-0.15, -0.1) is 11.6 Å². The number of nitrogens with zero attached hydrogens (tertiary/aromatic N) is 2. The monoisotopic (exact) mass is 454 g/mol. The molecule has 0 amide bonds. The maximum Gasteiger partial charge on any atom is 0.171 e. The van der Waals surface area contributed by atoms with Gasteiger partial charge < -0.3 is 21.9 Å². The molecule has 2 aromatic heterocycles. The van der Waals surface area contributed by atoms with Gasteiger partial charge in [0.2, 0.25) is 0 Å². The molecule has 2 heterocycles. The Hall–Kier alpha value is -1.20. The minimum Gasteiger partial charge on any atom is -1.00 e. The van der Waals surface area contributed by atoms with Crippen LogP contribution in [-0.4, -0.2) is 37.3 Å². The summed E-state index contributed by atoms with van der Waals surface area (Å²) in [6.07, 6.45) is 16.7.